The summed E-state index contributed by atoms with van der Waals surface area (Å²) < 4.78 is 0. The van der Waals surface area contributed by atoms with Crippen LogP contribution in [0.4, 0.5) is 0 Å². The maximum atomic E-state index is 13.0. The quantitative estimate of drug-likeness (QED) is 0.0681. The molecule has 0 aromatic heterocycles. The Morgan fingerprint density at radius 1 is 0.435 bits per heavy atom. The molecule has 2 heteroatoms. The first kappa shape index (κ1) is 45.5. The molecule has 0 aromatic rings. The number of rotatable bonds is 37. The molecule has 0 spiro atoms. The highest BCUT2D eigenvalue weighted by Crippen LogP contribution is 2.47. The van der Waals surface area contributed by atoms with Gasteiger partial charge in [-0.25, -0.2) is 0 Å². The Morgan fingerprint density at radius 3 is 0.935 bits per heavy atom. The number of carboxylic acid groups (broad SMARTS) is 1. The first-order chi connectivity index (χ1) is 22.3. The highest BCUT2D eigenvalue weighted by molar-refractivity contribution is 5.75. The molecule has 0 aliphatic heterocycles. The van der Waals surface area contributed by atoms with Crippen LogP contribution in [-0.2, 0) is 4.79 Å². The minimum Gasteiger partial charge on any atom is -0.481 e. The van der Waals surface area contributed by atoms with Gasteiger partial charge in [0.15, 0.2) is 0 Å². The van der Waals surface area contributed by atoms with Crippen molar-refractivity contribution in [3.63, 3.8) is 0 Å². The molecule has 1 N–H and O–H groups in total. The fraction of sp³-hybridized carbons (Fsp3) is 0.977. The zero-order valence-corrected chi connectivity index (χ0v) is 32.9. The second-order valence-electron chi connectivity index (χ2n) is 16.1. The summed E-state index contributed by atoms with van der Waals surface area (Å²) in [5.74, 6) is 0.364. The Labute approximate surface area is 291 Å². The van der Waals surface area contributed by atoms with Crippen molar-refractivity contribution in [2.75, 3.05) is 0 Å². The lowest BCUT2D eigenvalue weighted by molar-refractivity contribution is -0.159. The minimum absolute atomic E-state index is 0.185. The number of unbranched alkanes of at least 4 members (excludes halogenated alkanes) is 29. The van der Waals surface area contributed by atoms with Crippen LogP contribution in [0.25, 0.3) is 0 Å². The van der Waals surface area contributed by atoms with Gasteiger partial charge in [0.1, 0.15) is 0 Å². The molecule has 0 aromatic carbocycles. The van der Waals surface area contributed by atoms with Gasteiger partial charge in [-0.15, -0.1) is 0 Å². The second-order valence-corrected chi connectivity index (χ2v) is 16.1. The summed E-state index contributed by atoms with van der Waals surface area (Å²) in [6.07, 6.45) is 44.5. The van der Waals surface area contributed by atoms with Crippen molar-refractivity contribution >= 4 is 5.97 Å². The summed E-state index contributed by atoms with van der Waals surface area (Å²) >= 11 is 0. The Kier molecular flexibility index (Phi) is 32.6. The molecule has 0 amide bonds. The monoisotopic (exact) mass is 649 g/mol. The van der Waals surface area contributed by atoms with Crippen molar-refractivity contribution in [1.29, 1.82) is 0 Å². The van der Waals surface area contributed by atoms with E-state index in [0.717, 1.165) is 19.3 Å². The SMILES string of the molecule is CCCCCCCCCCCCCCCCCCCCC(C(=O)O)(C(C)C)C(CCCCCCCCCCCCCCC)C(C)C. The van der Waals surface area contributed by atoms with Crippen LogP contribution in [0.2, 0.25) is 0 Å². The number of hydrogen-bond acceptors (Lipinski definition) is 1. The van der Waals surface area contributed by atoms with Crippen LogP contribution in [0.15, 0.2) is 0 Å². The van der Waals surface area contributed by atoms with E-state index < -0.39 is 11.4 Å². The smallest absolute Gasteiger partial charge is 0.310 e. The molecule has 46 heavy (non-hydrogen) atoms. The molecule has 2 atom stereocenters. The fourth-order valence-electron chi connectivity index (χ4n) is 8.30. The summed E-state index contributed by atoms with van der Waals surface area (Å²) in [4.78, 5) is 13.0. The zero-order chi connectivity index (χ0) is 34.1. The number of carboxylic acids is 1. The molecule has 0 saturated carbocycles. The van der Waals surface area contributed by atoms with E-state index in [9.17, 15) is 9.90 Å². The van der Waals surface area contributed by atoms with Crippen LogP contribution in [0.3, 0.4) is 0 Å². The summed E-state index contributed by atoms with van der Waals surface area (Å²) in [6.45, 7) is 13.5. The first-order valence-corrected chi connectivity index (χ1v) is 21.6. The summed E-state index contributed by atoms with van der Waals surface area (Å²) in [6, 6.07) is 0. The lowest BCUT2D eigenvalue weighted by atomic mass is 9.60. The molecular formula is C44H88O2. The molecule has 0 fully saturated rings. The van der Waals surface area contributed by atoms with E-state index >= 15 is 0 Å². The standard InChI is InChI=1S/C44H88O2/c1-7-9-11-13-15-17-19-21-22-23-24-25-27-29-31-33-35-37-39-44(41(5)6,43(45)46)42(40(3)4)38-36-34-32-30-28-26-20-18-16-14-12-10-8-2/h40-42H,7-39H2,1-6H3,(H,45,46). The van der Waals surface area contributed by atoms with E-state index in [4.69, 9.17) is 0 Å². The molecule has 0 bridgehead atoms. The Morgan fingerprint density at radius 2 is 0.696 bits per heavy atom. The largest absolute Gasteiger partial charge is 0.481 e. The third kappa shape index (κ3) is 23.7. The lowest BCUT2D eigenvalue weighted by Gasteiger charge is -2.43. The maximum Gasteiger partial charge on any atom is 0.310 e. The maximum absolute atomic E-state index is 13.0. The van der Waals surface area contributed by atoms with Crippen LogP contribution in [0.5, 0.6) is 0 Å². The second kappa shape index (κ2) is 33.0. The van der Waals surface area contributed by atoms with E-state index in [1.807, 2.05) is 0 Å². The summed E-state index contributed by atoms with van der Waals surface area (Å²) in [5.41, 5.74) is -0.569. The van der Waals surface area contributed by atoms with Gasteiger partial charge in [-0.05, 0) is 30.6 Å². The Bertz CT molecular complexity index is 625. The third-order valence-corrected chi connectivity index (χ3v) is 11.5. The van der Waals surface area contributed by atoms with Gasteiger partial charge in [-0.2, -0.15) is 0 Å². The van der Waals surface area contributed by atoms with E-state index in [-0.39, 0.29) is 11.8 Å². The highest BCUT2D eigenvalue weighted by Gasteiger charge is 2.48. The van der Waals surface area contributed by atoms with Crippen molar-refractivity contribution < 1.29 is 9.90 Å². The van der Waals surface area contributed by atoms with E-state index in [2.05, 4.69) is 41.5 Å². The predicted molar refractivity (Wildman–Crippen MR) is 207 cm³/mol. The van der Waals surface area contributed by atoms with E-state index in [1.54, 1.807) is 0 Å². The Hall–Kier alpha value is -0.530. The number of carbonyl (C=O) groups is 1. The predicted octanol–water partition coefficient (Wildman–Crippen LogP) is 15.9. The van der Waals surface area contributed by atoms with E-state index in [1.165, 1.54) is 193 Å². The van der Waals surface area contributed by atoms with Gasteiger partial charge in [0.05, 0.1) is 5.41 Å². The van der Waals surface area contributed by atoms with Gasteiger partial charge < -0.3 is 5.11 Å². The van der Waals surface area contributed by atoms with Crippen LogP contribution in [0, 0.1) is 23.2 Å². The fourth-order valence-corrected chi connectivity index (χ4v) is 8.30. The van der Waals surface area contributed by atoms with Crippen LogP contribution in [-0.4, -0.2) is 11.1 Å². The normalized spacial score (nSPS) is 13.9. The van der Waals surface area contributed by atoms with Gasteiger partial charge >= 0.3 is 5.97 Å². The number of aliphatic carboxylic acids is 1. The van der Waals surface area contributed by atoms with Crippen molar-refractivity contribution in [2.45, 2.75) is 253 Å². The van der Waals surface area contributed by atoms with Crippen molar-refractivity contribution in [3.8, 4) is 0 Å². The van der Waals surface area contributed by atoms with Crippen LogP contribution >= 0.6 is 0 Å². The first-order valence-electron chi connectivity index (χ1n) is 21.6. The summed E-state index contributed by atoms with van der Waals surface area (Å²) in [5, 5.41) is 10.7. The molecule has 276 valence electrons. The molecule has 2 nitrogen and oxygen atoms in total. The third-order valence-electron chi connectivity index (χ3n) is 11.5. The van der Waals surface area contributed by atoms with Crippen molar-refractivity contribution in [3.05, 3.63) is 0 Å². The van der Waals surface area contributed by atoms with Gasteiger partial charge in [0, 0.05) is 0 Å². The van der Waals surface area contributed by atoms with E-state index in [0.29, 0.717) is 5.92 Å². The molecule has 2 unspecified atom stereocenters. The van der Waals surface area contributed by atoms with Gasteiger partial charge in [0.25, 0.3) is 0 Å². The molecule has 0 rings (SSSR count). The van der Waals surface area contributed by atoms with Gasteiger partial charge in [-0.3, -0.25) is 4.79 Å². The molecule has 0 aliphatic rings. The molecule has 0 aliphatic carbocycles. The molecule has 0 saturated heterocycles. The molecular weight excluding hydrogens is 560 g/mol. The van der Waals surface area contributed by atoms with Crippen molar-refractivity contribution in [1.82, 2.24) is 0 Å². The average Bonchev–Trinajstić information content (AvgIpc) is 3.02. The van der Waals surface area contributed by atoms with Crippen LogP contribution in [0.1, 0.15) is 253 Å². The molecule has 0 heterocycles. The average molecular weight is 649 g/mol. The van der Waals surface area contributed by atoms with Crippen molar-refractivity contribution in [2.24, 2.45) is 23.2 Å². The summed E-state index contributed by atoms with van der Waals surface area (Å²) in [7, 11) is 0. The lowest BCUT2D eigenvalue weighted by Crippen LogP contribution is -2.45. The Balaban J connectivity index is 4.14. The minimum atomic E-state index is -0.569. The topological polar surface area (TPSA) is 37.3 Å². The number of hydrogen-bond donors (Lipinski definition) is 1. The molecule has 0 radical (unpaired) electrons. The van der Waals surface area contributed by atoms with Crippen LogP contribution < -0.4 is 0 Å². The zero-order valence-electron chi connectivity index (χ0n) is 32.9. The highest BCUT2D eigenvalue weighted by atomic mass is 16.4. The van der Waals surface area contributed by atoms with Gasteiger partial charge in [-0.1, -0.05) is 241 Å². The van der Waals surface area contributed by atoms with Gasteiger partial charge in [0.2, 0.25) is 0 Å².